The summed E-state index contributed by atoms with van der Waals surface area (Å²) in [6.07, 6.45) is -4.21. The van der Waals surface area contributed by atoms with Gasteiger partial charge in [-0.25, -0.2) is 4.79 Å². The van der Waals surface area contributed by atoms with Crippen LogP contribution in [0.5, 0.6) is 0 Å². The summed E-state index contributed by atoms with van der Waals surface area (Å²) in [4.78, 5) is 50.5. The first kappa shape index (κ1) is 23.1. The van der Waals surface area contributed by atoms with Crippen LogP contribution in [0.1, 0.15) is 39.2 Å². The fourth-order valence-corrected chi connectivity index (χ4v) is 4.97. The first-order valence-electron chi connectivity index (χ1n) is 9.70. The lowest BCUT2D eigenvalue weighted by molar-refractivity contribution is -0.138. The molecular weight excluding hydrogens is 485 g/mol. The minimum atomic E-state index is -4.60. The molecule has 2 aliphatic rings. The molecule has 0 unspecified atom stereocenters. The molecule has 8 nitrogen and oxygen atoms in total. The molecule has 33 heavy (non-hydrogen) atoms. The van der Waals surface area contributed by atoms with Gasteiger partial charge in [0.1, 0.15) is 6.04 Å². The molecule has 0 radical (unpaired) electrons. The molecule has 5 amide bonds. The number of carbonyl (C=O) groups excluding carboxylic acids is 4. The van der Waals surface area contributed by atoms with Crippen molar-refractivity contribution in [1.82, 2.24) is 15.5 Å². The van der Waals surface area contributed by atoms with Gasteiger partial charge in [-0.05, 0) is 30.2 Å². The van der Waals surface area contributed by atoms with Gasteiger partial charge in [0.2, 0.25) is 11.8 Å². The van der Waals surface area contributed by atoms with Gasteiger partial charge >= 0.3 is 12.2 Å². The Morgan fingerprint density at radius 1 is 1.27 bits per heavy atom. The van der Waals surface area contributed by atoms with Crippen LogP contribution in [0.15, 0.2) is 23.6 Å². The Labute approximate surface area is 194 Å². The molecule has 0 aliphatic carbocycles. The third-order valence-electron chi connectivity index (χ3n) is 5.33. The van der Waals surface area contributed by atoms with Gasteiger partial charge in [-0.1, -0.05) is 11.6 Å². The van der Waals surface area contributed by atoms with Gasteiger partial charge in [-0.3, -0.25) is 19.7 Å². The van der Waals surface area contributed by atoms with Crippen LogP contribution in [0.4, 0.5) is 23.7 Å². The molecule has 1 aromatic heterocycles. The van der Waals surface area contributed by atoms with Crippen molar-refractivity contribution in [2.45, 2.75) is 38.1 Å². The van der Waals surface area contributed by atoms with E-state index in [1.165, 1.54) is 16.2 Å². The third kappa shape index (κ3) is 4.67. The van der Waals surface area contributed by atoms with Crippen LogP contribution in [-0.4, -0.2) is 34.7 Å². The molecule has 4 rings (SSSR count). The number of hydrogen-bond donors (Lipinski definition) is 3. The number of nitrogens with zero attached hydrogens (tertiary/aromatic N) is 1. The van der Waals surface area contributed by atoms with Crippen molar-refractivity contribution in [1.29, 1.82) is 0 Å². The predicted octanol–water partition coefficient (Wildman–Crippen LogP) is 3.50. The van der Waals surface area contributed by atoms with E-state index >= 15 is 0 Å². The van der Waals surface area contributed by atoms with Gasteiger partial charge in [0, 0.05) is 28.9 Å². The number of nitrogens with one attached hydrogen (secondary N) is 3. The maximum atomic E-state index is 12.8. The van der Waals surface area contributed by atoms with E-state index in [4.69, 9.17) is 11.6 Å². The second-order valence-corrected chi connectivity index (χ2v) is 8.82. The van der Waals surface area contributed by atoms with Crippen LogP contribution in [0.2, 0.25) is 5.02 Å². The van der Waals surface area contributed by atoms with E-state index in [1.807, 2.05) is 0 Å². The molecule has 13 heteroatoms. The summed E-state index contributed by atoms with van der Waals surface area (Å²) in [5.74, 6) is -1.20. The molecule has 174 valence electrons. The Bertz CT molecular complexity index is 1170. The van der Waals surface area contributed by atoms with Crippen molar-refractivity contribution in [3.8, 4) is 0 Å². The number of fused-ring (bicyclic) bond motifs is 1. The molecule has 0 bridgehead atoms. The van der Waals surface area contributed by atoms with E-state index in [0.29, 0.717) is 16.0 Å². The van der Waals surface area contributed by atoms with Gasteiger partial charge < -0.3 is 15.5 Å². The predicted molar refractivity (Wildman–Crippen MR) is 113 cm³/mol. The molecule has 3 N–H and O–H groups in total. The molecule has 2 aromatic rings. The fourth-order valence-electron chi connectivity index (χ4n) is 3.71. The molecule has 0 spiro atoms. The highest BCUT2D eigenvalue weighted by Crippen LogP contribution is 2.36. The highest BCUT2D eigenvalue weighted by atomic mass is 35.5. The van der Waals surface area contributed by atoms with Crippen LogP contribution < -0.4 is 16.0 Å². The highest BCUT2D eigenvalue weighted by molar-refractivity contribution is 7.10. The number of alkyl halides is 3. The molecule has 1 fully saturated rings. The molecule has 0 saturated carbocycles. The standard InChI is InChI=1S/C20H16ClF3N4O4S/c21-13-5-9(1-2-12(13)20(22,23)24)26-19(32)25-6-15-10-7-28(18(31)11(10)8-33-15)14-3-4-16(29)27-17(14)30/h1-2,5,8,14H,3-4,6-7H2,(H2,25,26,32)(H,27,29,30)/t14-/m1/s1. The van der Waals surface area contributed by atoms with Gasteiger partial charge in [0.05, 0.1) is 22.7 Å². The summed E-state index contributed by atoms with van der Waals surface area (Å²) in [6, 6.07) is 1.47. The van der Waals surface area contributed by atoms with Crippen LogP contribution in [0.25, 0.3) is 0 Å². The van der Waals surface area contributed by atoms with Gasteiger partial charge in [-0.2, -0.15) is 13.2 Å². The number of amides is 5. The minimum absolute atomic E-state index is 0.0661. The molecule has 1 aromatic carbocycles. The summed E-state index contributed by atoms with van der Waals surface area (Å²) < 4.78 is 38.4. The van der Waals surface area contributed by atoms with Gasteiger partial charge in [0.15, 0.2) is 0 Å². The van der Waals surface area contributed by atoms with Crippen molar-refractivity contribution >= 4 is 52.4 Å². The number of benzene rings is 1. The fraction of sp³-hybridized carbons (Fsp3) is 0.300. The van der Waals surface area contributed by atoms with Gasteiger partial charge in [0.25, 0.3) is 5.91 Å². The summed E-state index contributed by atoms with van der Waals surface area (Å²) in [5, 5.41) is 8.35. The maximum Gasteiger partial charge on any atom is 0.417 e. The molecule has 1 atom stereocenters. The number of urea groups is 1. The number of imide groups is 1. The van der Waals surface area contributed by atoms with Crippen molar-refractivity contribution in [2.75, 3.05) is 5.32 Å². The zero-order chi connectivity index (χ0) is 23.9. The van der Waals surface area contributed by atoms with Gasteiger partial charge in [-0.15, -0.1) is 11.3 Å². The summed E-state index contributed by atoms with van der Waals surface area (Å²) in [5.41, 5.74) is 0.208. The Hall–Kier alpha value is -3.12. The number of halogens is 4. The first-order chi connectivity index (χ1) is 15.5. The van der Waals surface area contributed by atoms with E-state index in [9.17, 15) is 32.3 Å². The van der Waals surface area contributed by atoms with Crippen molar-refractivity contribution in [3.63, 3.8) is 0 Å². The molecule has 2 aliphatic heterocycles. The zero-order valence-corrected chi connectivity index (χ0v) is 18.3. The monoisotopic (exact) mass is 500 g/mol. The topological polar surface area (TPSA) is 108 Å². The average Bonchev–Trinajstić information content (AvgIpc) is 3.26. The van der Waals surface area contributed by atoms with Crippen molar-refractivity contribution < 1.29 is 32.3 Å². The normalized spacial score (nSPS) is 18.2. The number of thiophene rings is 1. The number of piperidine rings is 1. The SMILES string of the molecule is O=C1CC[C@@H](N2Cc3c(csc3CNC(=O)Nc3ccc(C(F)(F)F)c(Cl)c3)C2=O)C(=O)N1. The van der Waals surface area contributed by atoms with Crippen molar-refractivity contribution in [2.24, 2.45) is 0 Å². The number of carbonyl (C=O) groups is 4. The number of rotatable bonds is 4. The maximum absolute atomic E-state index is 12.8. The van der Waals surface area contributed by atoms with E-state index in [2.05, 4.69) is 16.0 Å². The number of hydrogen-bond acceptors (Lipinski definition) is 5. The Kier molecular flexibility index (Phi) is 6.06. The highest BCUT2D eigenvalue weighted by Gasteiger charge is 2.40. The van der Waals surface area contributed by atoms with Crippen LogP contribution in [-0.2, 0) is 28.9 Å². The lowest BCUT2D eigenvalue weighted by Gasteiger charge is -2.29. The van der Waals surface area contributed by atoms with E-state index in [0.717, 1.165) is 18.2 Å². The molecular formula is C20H16ClF3N4O4S. The van der Waals surface area contributed by atoms with Crippen LogP contribution in [0, 0.1) is 0 Å². The third-order valence-corrected chi connectivity index (χ3v) is 6.67. The zero-order valence-electron chi connectivity index (χ0n) is 16.7. The first-order valence-corrected chi connectivity index (χ1v) is 11.0. The smallest absolute Gasteiger partial charge is 0.333 e. The number of anilines is 1. The Morgan fingerprint density at radius 2 is 2.03 bits per heavy atom. The lowest BCUT2D eigenvalue weighted by atomic mass is 10.0. The van der Waals surface area contributed by atoms with E-state index < -0.39 is 34.7 Å². The van der Waals surface area contributed by atoms with Crippen molar-refractivity contribution in [3.05, 3.63) is 50.2 Å². The van der Waals surface area contributed by atoms with Crippen LogP contribution in [0.3, 0.4) is 0 Å². The second-order valence-electron chi connectivity index (χ2n) is 7.45. The summed E-state index contributed by atoms with van der Waals surface area (Å²) >= 11 is 6.93. The molecule has 3 heterocycles. The summed E-state index contributed by atoms with van der Waals surface area (Å²) in [7, 11) is 0. The average molecular weight is 501 g/mol. The Morgan fingerprint density at radius 3 is 2.70 bits per heavy atom. The molecule has 1 saturated heterocycles. The largest absolute Gasteiger partial charge is 0.417 e. The van der Waals surface area contributed by atoms with E-state index in [-0.39, 0.29) is 43.4 Å². The lowest BCUT2D eigenvalue weighted by Crippen LogP contribution is -2.52. The van der Waals surface area contributed by atoms with Crippen LogP contribution >= 0.6 is 22.9 Å². The quantitative estimate of drug-likeness (QED) is 0.558. The minimum Gasteiger partial charge on any atom is -0.333 e. The Balaban J connectivity index is 1.38. The van der Waals surface area contributed by atoms with E-state index in [1.54, 1.807) is 5.38 Å². The second kappa shape index (κ2) is 8.67. The summed E-state index contributed by atoms with van der Waals surface area (Å²) in [6.45, 7) is 0.244.